The summed E-state index contributed by atoms with van der Waals surface area (Å²) in [5.74, 6) is 0. The highest BCUT2D eigenvalue weighted by molar-refractivity contribution is 5.20. The zero-order valence-corrected chi connectivity index (χ0v) is 9.54. The van der Waals surface area contributed by atoms with E-state index in [0.717, 1.165) is 0 Å². The summed E-state index contributed by atoms with van der Waals surface area (Å²) in [6, 6.07) is 4.35. The van der Waals surface area contributed by atoms with Crippen molar-refractivity contribution < 1.29 is 0 Å². The highest BCUT2D eigenvalue weighted by Crippen LogP contribution is 2.17. The van der Waals surface area contributed by atoms with Crippen LogP contribution in [0, 0.1) is 0 Å². The van der Waals surface area contributed by atoms with Gasteiger partial charge in [0, 0.05) is 11.9 Å². The van der Waals surface area contributed by atoms with E-state index in [1.807, 2.05) is 6.20 Å². The molecule has 0 aromatic carbocycles. The SMILES string of the molecule is c1cnc2c(c1)CCCCCCCCC2. The first-order valence-corrected chi connectivity index (χ1v) is 6.39. The smallest absolute Gasteiger partial charge is 0.0435 e. The second-order valence-corrected chi connectivity index (χ2v) is 4.58. The molecule has 0 saturated carbocycles. The van der Waals surface area contributed by atoms with Crippen molar-refractivity contribution in [2.75, 3.05) is 0 Å². The molecule has 1 aliphatic rings. The quantitative estimate of drug-likeness (QED) is 0.623. The molecule has 1 nitrogen and oxygen atoms in total. The van der Waals surface area contributed by atoms with Gasteiger partial charge in [-0.05, 0) is 37.3 Å². The molecule has 0 bridgehead atoms. The number of pyridine rings is 1. The van der Waals surface area contributed by atoms with Crippen LogP contribution in [-0.4, -0.2) is 4.98 Å². The number of hydrogen-bond acceptors (Lipinski definition) is 1. The van der Waals surface area contributed by atoms with E-state index < -0.39 is 0 Å². The Morgan fingerprint density at radius 3 is 2.27 bits per heavy atom. The van der Waals surface area contributed by atoms with Crippen LogP contribution in [0.25, 0.3) is 0 Å². The van der Waals surface area contributed by atoms with Crippen LogP contribution in [0.1, 0.15) is 56.2 Å². The fourth-order valence-corrected chi connectivity index (χ4v) is 2.42. The third-order valence-corrected chi connectivity index (χ3v) is 3.34. The summed E-state index contributed by atoms with van der Waals surface area (Å²) >= 11 is 0. The lowest BCUT2D eigenvalue weighted by Gasteiger charge is -2.06. The lowest BCUT2D eigenvalue weighted by atomic mass is 10.0. The predicted octanol–water partition coefficient (Wildman–Crippen LogP) is 3.91. The standard InChI is InChI=1S/C14H21N/c1-2-4-6-9-13-10-8-12-15-14(13)11-7-5-3-1/h8,10,12H,1-7,9,11H2. The number of hydrogen-bond donors (Lipinski definition) is 0. The van der Waals surface area contributed by atoms with E-state index in [2.05, 4.69) is 17.1 Å². The van der Waals surface area contributed by atoms with Crippen molar-refractivity contribution in [3.8, 4) is 0 Å². The molecular weight excluding hydrogens is 182 g/mol. The summed E-state index contributed by atoms with van der Waals surface area (Å²) in [4.78, 5) is 4.52. The summed E-state index contributed by atoms with van der Waals surface area (Å²) in [7, 11) is 0. The van der Waals surface area contributed by atoms with Crippen molar-refractivity contribution in [1.82, 2.24) is 4.98 Å². The van der Waals surface area contributed by atoms with Crippen molar-refractivity contribution >= 4 is 0 Å². The summed E-state index contributed by atoms with van der Waals surface area (Å²) in [6.07, 6.45) is 14.1. The lowest BCUT2D eigenvalue weighted by molar-refractivity contribution is 0.587. The van der Waals surface area contributed by atoms with Crippen LogP contribution < -0.4 is 0 Å². The van der Waals surface area contributed by atoms with Crippen LogP contribution in [0.5, 0.6) is 0 Å². The zero-order valence-electron chi connectivity index (χ0n) is 9.54. The van der Waals surface area contributed by atoms with Crippen LogP contribution in [0.4, 0.5) is 0 Å². The van der Waals surface area contributed by atoms with E-state index in [1.54, 1.807) is 0 Å². The molecule has 82 valence electrons. The van der Waals surface area contributed by atoms with E-state index in [9.17, 15) is 0 Å². The Morgan fingerprint density at radius 2 is 1.47 bits per heavy atom. The van der Waals surface area contributed by atoms with Gasteiger partial charge in [0.25, 0.3) is 0 Å². The van der Waals surface area contributed by atoms with Gasteiger partial charge in [-0.25, -0.2) is 0 Å². The van der Waals surface area contributed by atoms with Gasteiger partial charge in [-0.3, -0.25) is 4.98 Å². The topological polar surface area (TPSA) is 12.9 Å². The van der Waals surface area contributed by atoms with Crippen molar-refractivity contribution in [2.45, 2.75) is 57.8 Å². The van der Waals surface area contributed by atoms with Gasteiger partial charge in [-0.2, -0.15) is 0 Å². The second-order valence-electron chi connectivity index (χ2n) is 4.58. The van der Waals surface area contributed by atoms with Crippen LogP contribution in [0.2, 0.25) is 0 Å². The van der Waals surface area contributed by atoms with Gasteiger partial charge < -0.3 is 0 Å². The zero-order chi connectivity index (χ0) is 10.3. The summed E-state index contributed by atoms with van der Waals surface area (Å²) in [5, 5.41) is 0. The monoisotopic (exact) mass is 203 g/mol. The molecule has 0 aliphatic heterocycles. The van der Waals surface area contributed by atoms with Gasteiger partial charge in [0.1, 0.15) is 0 Å². The third kappa shape index (κ3) is 3.33. The van der Waals surface area contributed by atoms with Gasteiger partial charge in [-0.15, -0.1) is 0 Å². The van der Waals surface area contributed by atoms with Gasteiger partial charge in [-0.1, -0.05) is 38.2 Å². The summed E-state index contributed by atoms with van der Waals surface area (Å²) in [5.41, 5.74) is 2.86. The minimum atomic E-state index is 1.19. The van der Waals surface area contributed by atoms with Crippen LogP contribution in [0.3, 0.4) is 0 Å². The maximum atomic E-state index is 4.52. The highest BCUT2D eigenvalue weighted by atomic mass is 14.7. The Balaban J connectivity index is 2.04. The maximum Gasteiger partial charge on any atom is 0.0435 e. The predicted molar refractivity (Wildman–Crippen MR) is 64.0 cm³/mol. The minimum Gasteiger partial charge on any atom is -0.261 e. The van der Waals surface area contributed by atoms with E-state index in [0.29, 0.717) is 0 Å². The maximum absolute atomic E-state index is 4.52. The van der Waals surface area contributed by atoms with Gasteiger partial charge in [0.05, 0.1) is 0 Å². The Hall–Kier alpha value is -0.850. The first-order chi connectivity index (χ1) is 7.47. The Kier molecular flexibility index (Phi) is 4.19. The van der Waals surface area contributed by atoms with Crippen LogP contribution in [-0.2, 0) is 12.8 Å². The number of fused-ring (bicyclic) bond motifs is 1. The van der Waals surface area contributed by atoms with Crippen LogP contribution in [0.15, 0.2) is 18.3 Å². The third-order valence-electron chi connectivity index (χ3n) is 3.34. The molecule has 0 amide bonds. The molecule has 15 heavy (non-hydrogen) atoms. The molecule has 0 N–H and O–H groups in total. The Bertz CT molecular complexity index is 264. The molecule has 0 radical (unpaired) electrons. The fourth-order valence-electron chi connectivity index (χ4n) is 2.42. The summed E-state index contributed by atoms with van der Waals surface area (Å²) < 4.78 is 0. The van der Waals surface area contributed by atoms with Gasteiger partial charge in [0.15, 0.2) is 0 Å². The Morgan fingerprint density at radius 1 is 0.800 bits per heavy atom. The number of nitrogens with zero attached hydrogens (tertiary/aromatic N) is 1. The number of aryl methyl sites for hydroxylation is 2. The van der Waals surface area contributed by atoms with Crippen molar-refractivity contribution in [1.29, 1.82) is 0 Å². The highest BCUT2D eigenvalue weighted by Gasteiger charge is 2.04. The Labute approximate surface area is 92.9 Å². The molecule has 0 fully saturated rings. The van der Waals surface area contributed by atoms with Gasteiger partial charge >= 0.3 is 0 Å². The first kappa shape index (κ1) is 10.7. The van der Waals surface area contributed by atoms with Crippen molar-refractivity contribution in [3.63, 3.8) is 0 Å². The number of aromatic nitrogens is 1. The minimum absolute atomic E-state index is 1.19. The second kappa shape index (κ2) is 5.89. The molecule has 0 saturated heterocycles. The van der Waals surface area contributed by atoms with E-state index in [1.165, 1.54) is 69.0 Å². The average molecular weight is 203 g/mol. The molecule has 1 heteroatoms. The fraction of sp³-hybridized carbons (Fsp3) is 0.643. The molecule has 1 aliphatic carbocycles. The molecule has 1 aromatic heterocycles. The van der Waals surface area contributed by atoms with Crippen molar-refractivity contribution in [3.05, 3.63) is 29.6 Å². The average Bonchev–Trinajstić information content (AvgIpc) is 2.32. The summed E-state index contributed by atoms with van der Waals surface area (Å²) in [6.45, 7) is 0. The molecule has 1 aromatic rings. The van der Waals surface area contributed by atoms with Crippen molar-refractivity contribution in [2.24, 2.45) is 0 Å². The molecule has 1 heterocycles. The molecule has 2 rings (SSSR count). The molecular formula is C14H21N. The first-order valence-electron chi connectivity index (χ1n) is 6.39. The molecule has 0 atom stereocenters. The molecule has 0 spiro atoms. The van der Waals surface area contributed by atoms with E-state index in [4.69, 9.17) is 0 Å². The van der Waals surface area contributed by atoms with E-state index in [-0.39, 0.29) is 0 Å². The number of rotatable bonds is 0. The lowest BCUT2D eigenvalue weighted by Crippen LogP contribution is -1.97. The van der Waals surface area contributed by atoms with Crippen LogP contribution >= 0.6 is 0 Å². The van der Waals surface area contributed by atoms with Gasteiger partial charge in [0.2, 0.25) is 0 Å². The molecule has 0 unspecified atom stereocenters. The normalized spacial score (nSPS) is 18.9. The van der Waals surface area contributed by atoms with E-state index >= 15 is 0 Å². The largest absolute Gasteiger partial charge is 0.261 e.